The molecule has 1 N–H and O–H groups in total. The third-order valence-corrected chi connectivity index (χ3v) is 4.74. The minimum absolute atomic E-state index is 0.380. The van der Waals surface area contributed by atoms with Crippen LogP contribution in [0.3, 0.4) is 0 Å². The van der Waals surface area contributed by atoms with Crippen LogP contribution in [0.4, 0.5) is 0 Å². The molecule has 0 radical (unpaired) electrons. The second-order valence-electron chi connectivity index (χ2n) is 4.07. The lowest BCUT2D eigenvalue weighted by Gasteiger charge is -2.09. The van der Waals surface area contributed by atoms with Gasteiger partial charge < -0.3 is 5.32 Å². The summed E-state index contributed by atoms with van der Waals surface area (Å²) in [6.07, 6.45) is 2.32. The molecule has 1 aromatic rings. The highest BCUT2D eigenvalue weighted by Crippen LogP contribution is 2.21. The predicted molar refractivity (Wildman–Crippen MR) is 73.4 cm³/mol. The largest absolute Gasteiger partial charge is 0.317 e. The zero-order chi connectivity index (χ0) is 12.9. The molecule has 0 fully saturated rings. The highest BCUT2D eigenvalue weighted by Gasteiger charge is 2.06. The maximum Gasteiger partial charge on any atom is 0.175 e. The second-order valence-corrected chi connectivity index (χ2v) is 7.25. The molecule has 1 unspecified atom stereocenters. The van der Waals surface area contributed by atoms with Gasteiger partial charge in [-0.05, 0) is 50.4 Å². The summed E-state index contributed by atoms with van der Waals surface area (Å²) in [5.74, 6) is 1.03. The molecule has 0 aliphatic carbocycles. The summed E-state index contributed by atoms with van der Waals surface area (Å²) in [6, 6.07) is 7.58. The van der Waals surface area contributed by atoms with Crippen LogP contribution < -0.4 is 5.32 Å². The van der Waals surface area contributed by atoms with Crippen molar-refractivity contribution in [3.05, 3.63) is 24.3 Å². The minimum Gasteiger partial charge on any atom is -0.317 e. The van der Waals surface area contributed by atoms with Gasteiger partial charge in [0, 0.05) is 17.2 Å². The van der Waals surface area contributed by atoms with Crippen molar-refractivity contribution in [3.8, 4) is 0 Å². The van der Waals surface area contributed by atoms with Crippen LogP contribution in [-0.4, -0.2) is 33.5 Å². The van der Waals surface area contributed by atoms with Crippen molar-refractivity contribution in [2.24, 2.45) is 0 Å². The minimum atomic E-state index is -3.08. The van der Waals surface area contributed by atoms with Gasteiger partial charge in [0.2, 0.25) is 0 Å². The lowest BCUT2D eigenvalue weighted by atomic mass is 10.3. The molecule has 0 amide bonds. The molecule has 1 aromatic carbocycles. The van der Waals surface area contributed by atoms with E-state index in [9.17, 15) is 8.42 Å². The van der Waals surface area contributed by atoms with Gasteiger partial charge in [0.05, 0.1) is 4.90 Å². The van der Waals surface area contributed by atoms with Crippen LogP contribution in [0.2, 0.25) is 0 Å². The molecule has 17 heavy (non-hydrogen) atoms. The quantitative estimate of drug-likeness (QED) is 0.807. The molecule has 0 spiro atoms. The molecular weight excluding hydrogens is 254 g/mol. The molecule has 0 heterocycles. The van der Waals surface area contributed by atoms with Crippen LogP contribution in [0.1, 0.15) is 13.3 Å². The van der Waals surface area contributed by atoms with Crippen molar-refractivity contribution < 1.29 is 8.42 Å². The highest BCUT2D eigenvalue weighted by molar-refractivity contribution is 7.99. The van der Waals surface area contributed by atoms with Crippen molar-refractivity contribution in [1.29, 1.82) is 0 Å². The first-order valence-corrected chi connectivity index (χ1v) is 8.41. The van der Waals surface area contributed by atoms with E-state index in [1.807, 2.05) is 19.2 Å². The molecule has 96 valence electrons. The summed E-state index contributed by atoms with van der Waals surface area (Å²) in [7, 11) is -1.12. The molecule has 5 heteroatoms. The molecule has 3 nitrogen and oxygen atoms in total. The standard InChI is InChI=1S/C12H19NO2S2/c1-10(13-2)8-9-16-11-4-6-12(7-5-11)17(3,14)15/h4-7,10,13H,8-9H2,1-3H3. The van der Waals surface area contributed by atoms with Crippen LogP contribution in [0.5, 0.6) is 0 Å². The van der Waals surface area contributed by atoms with E-state index in [-0.39, 0.29) is 0 Å². The average Bonchev–Trinajstić information content (AvgIpc) is 2.28. The maximum absolute atomic E-state index is 11.3. The summed E-state index contributed by atoms with van der Waals surface area (Å²) in [6.45, 7) is 2.15. The van der Waals surface area contributed by atoms with Crippen LogP contribution in [0.25, 0.3) is 0 Å². The fraction of sp³-hybridized carbons (Fsp3) is 0.500. The third kappa shape index (κ3) is 5.10. The summed E-state index contributed by atoms with van der Waals surface area (Å²) in [5, 5.41) is 3.19. The van der Waals surface area contributed by atoms with E-state index < -0.39 is 9.84 Å². The van der Waals surface area contributed by atoms with Gasteiger partial charge in [-0.25, -0.2) is 8.42 Å². The number of thioether (sulfide) groups is 1. The molecule has 0 saturated heterocycles. The van der Waals surface area contributed by atoms with Gasteiger partial charge in [0.25, 0.3) is 0 Å². The van der Waals surface area contributed by atoms with E-state index in [4.69, 9.17) is 0 Å². The number of hydrogen-bond donors (Lipinski definition) is 1. The van der Waals surface area contributed by atoms with E-state index in [0.29, 0.717) is 10.9 Å². The number of sulfone groups is 1. The predicted octanol–water partition coefficient (Wildman–Crippen LogP) is 2.18. The van der Waals surface area contributed by atoms with Crippen molar-refractivity contribution in [2.45, 2.75) is 29.2 Å². The fourth-order valence-electron chi connectivity index (χ4n) is 1.28. The molecule has 0 bridgehead atoms. The van der Waals surface area contributed by atoms with E-state index in [1.54, 1.807) is 23.9 Å². The number of rotatable bonds is 6. The van der Waals surface area contributed by atoms with Crippen molar-refractivity contribution in [2.75, 3.05) is 19.1 Å². The van der Waals surface area contributed by atoms with Crippen molar-refractivity contribution in [1.82, 2.24) is 5.32 Å². The molecule has 1 atom stereocenters. The summed E-state index contributed by atoms with van der Waals surface area (Å²) < 4.78 is 22.5. The molecule has 0 saturated carbocycles. The van der Waals surface area contributed by atoms with Crippen LogP contribution in [0.15, 0.2) is 34.1 Å². The summed E-state index contributed by atoms with van der Waals surface area (Å²) in [4.78, 5) is 1.49. The van der Waals surface area contributed by atoms with E-state index in [2.05, 4.69) is 12.2 Å². The zero-order valence-corrected chi connectivity index (χ0v) is 12.1. The zero-order valence-electron chi connectivity index (χ0n) is 10.4. The Hall–Kier alpha value is -0.520. The Morgan fingerprint density at radius 2 is 1.88 bits per heavy atom. The van der Waals surface area contributed by atoms with Gasteiger partial charge in [-0.1, -0.05) is 0 Å². The molecule has 0 aliphatic heterocycles. The molecule has 0 aromatic heterocycles. The van der Waals surface area contributed by atoms with Gasteiger partial charge in [-0.3, -0.25) is 0 Å². The molecule has 0 aliphatic rings. The SMILES string of the molecule is CNC(C)CCSc1ccc(S(C)(=O)=O)cc1. The third-order valence-electron chi connectivity index (χ3n) is 2.56. The van der Waals surface area contributed by atoms with Gasteiger partial charge in [-0.2, -0.15) is 0 Å². The first-order valence-electron chi connectivity index (χ1n) is 5.53. The topological polar surface area (TPSA) is 46.2 Å². The van der Waals surface area contributed by atoms with E-state index in [0.717, 1.165) is 17.1 Å². The summed E-state index contributed by atoms with van der Waals surface area (Å²) in [5.41, 5.74) is 0. The lowest BCUT2D eigenvalue weighted by molar-refractivity contribution is 0.598. The lowest BCUT2D eigenvalue weighted by Crippen LogP contribution is -2.21. The highest BCUT2D eigenvalue weighted by atomic mass is 32.2. The molecule has 1 rings (SSSR count). The van der Waals surface area contributed by atoms with Crippen molar-refractivity contribution in [3.63, 3.8) is 0 Å². The molecular formula is C12H19NO2S2. The number of benzene rings is 1. The first kappa shape index (κ1) is 14.5. The van der Waals surface area contributed by atoms with Crippen molar-refractivity contribution >= 4 is 21.6 Å². The summed E-state index contributed by atoms with van der Waals surface area (Å²) >= 11 is 1.75. The normalized spacial score (nSPS) is 13.6. The van der Waals surface area contributed by atoms with Crippen LogP contribution >= 0.6 is 11.8 Å². The first-order chi connectivity index (χ1) is 7.93. The number of hydrogen-bond acceptors (Lipinski definition) is 4. The van der Waals surface area contributed by atoms with Gasteiger partial charge in [-0.15, -0.1) is 11.8 Å². The Bertz CT molecular complexity index is 440. The van der Waals surface area contributed by atoms with E-state index in [1.165, 1.54) is 6.26 Å². The van der Waals surface area contributed by atoms with Crippen LogP contribution in [0, 0.1) is 0 Å². The monoisotopic (exact) mass is 273 g/mol. The Morgan fingerprint density at radius 1 is 1.29 bits per heavy atom. The number of nitrogens with one attached hydrogen (secondary N) is 1. The van der Waals surface area contributed by atoms with Gasteiger partial charge in [0.15, 0.2) is 9.84 Å². The Balaban J connectivity index is 2.52. The Labute approximate surface area is 108 Å². The smallest absolute Gasteiger partial charge is 0.175 e. The average molecular weight is 273 g/mol. The van der Waals surface area contributed by atoms with Crippen LogP contribution in [-0.2, 0) is 9.84 Å². The second kappa shape index (κ2) is 6.42. The Morgan fingerprint density at radius 3 is 2.35 bits per heavy atom. The van der Waals surface area contributed by atoms with E-state index >= 15 is 0 Å². The van der Waals surface area contributed by atoms with Gasteiger partial charge >= 0.3 is 0 Å². The Kier molecular flexibility index (Phi) is 5.49. The maximum atomic E-state index is 11.3. The fourth-order valence-corrected chi connectivity index (χ4v) is 2.95. The van der Waals surface area contributed by atoms with Gasteiger partial charge in [0.1, 0.15) is 0 Å².